The van der Waals surface area contributed by atoms with Gasteiger partial charge in [-0.2, -0.15) is 0 Å². The van der Waals surface area contributed by atoms with Gasteiger partial charge in [0.25, 0.3) is 0 Å². The molecule has 1 saturated heterocycles. The maximum absolute atomic E-state index is 13.7. The van der Waals surface area contributed by atoms with Gasteiger partial charge in [0.1, 0.15) is 0 Å². The van der Waals surface area contributed by atoms with Crippen molar-refractivity contribution in [2.75, 3.05) is 24.2 Å². The molecule has 0 N–H and O–H groups in total. The van der Waals surface area contributed by atoms with E-state index < -0.39 is 0 Å². The van der Waals surface area contributed by atoms with Gasteiger partial charge in [-0.25, -0.2) is 0 Å². The van der Waals surface area contributed by atoms with Crippen molar-refractivity contribution < 1.29 is 9.59 Å². The molecule has 158 valence electrons. The molecule has 3 heterocycles. The lowest BCUT2D eigenvalue weighted by Crippen LogP contribution is -2.45. The van der Waals surface area contributed by atoms with Gasteiger partial charge in [-0.1, -0.05) is 30.3 Å². The van der Waals surface area contributed by atoms with E-state index in [2.05, 4.69) is 29.0 Å². The van der Waals surface area contributed by atoms with Crippen LogP contribution in [-0.4, -0.2) is 40.6 Å². The molecule has 1 fully saturated rings. The summed E-state index contributed by atoms with van der Waals surface area (Å²) in [5.41, 5.74) is 3.09. The van der Waals surface area contributed by atoms with Crippen molar-refractivity contribution >= 4 is 29.3 Å². The molecule has 31 heavy (non-hydrogen) atoms. The highest BCUT2D eigenvalue weighted by atomic mass is 32.2. The van der Waals surface area contributed by atoms with Crippen LogP contribution < -0.4 is 4.90 Å². The van der Waals surface area contributed by atoms with Crippen LogP contribution in [0.3, 0.4) is 0 Å². The van der Waals surface area contributed by atoms with E-state index >= 15 is 0 Å². The highest BCUT2D eigenvalue weighted by molar-refractivity contribution is 7.98. The summed E-state index contributed by atoms with van der Waals surface area (Å²) in [5, 5.41) is 0. The summed E-state index contributed by atoms with van der Waals surface area (Å²) in [4.78, 5) is 31.3. The molecule has 0 bridgehead atoms. The van der Waals surface area contributed by atoms with Gasteiger partial charge in [0, 0.05) is 48.5 Å². The molecular formula is C25H25N3O2S. The van der Waals surface area contributed by atoms with Gasteiger partial charge in [-0.05, 0) is 48.2 Å². The average Bonchev–Trinajstić information content (AvgIpc) is 3.45. The van der Waals surface area contributed by atoms with Crippen molar-refractivity contribution in [3.8, 4) is 0 Å². The van der Waals surface area contributed by atoms with Crippen LogP contribution in [0.4, 0.5) is 5.69 Å². The van der Waals surface area contributed by atoms with Crippen LogP contribution in [-0.2, 0) is 16.1 Å². The minimum absolute atomic E-state index is 0.0203. The Hall–Kier alpha value is -2.99. The van der Waals surface area contributed by atoms with Crippen molar-refractivity contribution in [3.05, 3.63) is 84.2 Å². The summed E-state index contributed by atoms with van der Waals surface area (Å²) in [7, 11) is 0. The quantitative estimate of drug-likeness (QED) is 0.582. The van der Waals surface area contributed by atoms with Gasteiger partial charge in [0.05, 0.1) is 12.0 Å². The maximum Gasteiger partial charge on any atom is 0.228 e. The number of nitrogens with zero attached hydrogens (tertiary/aromatic N) is 3. The lowest BCUT2D eigenvalue weighted by atomic mass is 9.97. The number of amides is 2. The minimum atomic E-state index is -0.319. The number of benzene rings is 2. The Morgan fingerprint density at radius 1 is 0.968 bits per heavy atom. The van der Waals surface area contributed by atoms with Crippen molar-refractivity contribution in [2.45, 2.75) is 23.9 Å². The van der Waals surface area contributed by atoms with Gasteiger partial charge < -0.3 is 14.4 Å². The normalized spacial score (nSPS) is 20.7. The molecule has 2 aromatic carbocycles. The molecule has 2 unspecified atom stereocenters. The van der Waals surface area contributed by atoms with E-state index in [0.29, 0.717) is 13.1 Å². The van der Waals surface area contributed by atoms with E-state index in [1.54, 1.807) is 16.7 Å². The van der Waals surface area contributed by atoms with Crippen molar-refractivity contribution in [1.82, 2.24) is 9.47 Å². The van der Waals surface area contributed by atoms with Crippen LogP contribution in [0.2, 0.25) is 0 Å². The molecule has 5 rings (SSSR count). The highest BCUT2D eigenvalue weighted by Crippen LogP contribution is 2.35. The molecule has 0 aliphatic carbocycles. The van der Waals surface area contributed by atoms with E-state index in [-0.39, 0.29) is 30.2 Å². The summed E-state index contributed by atoms with van der Waals surface area (Å²) in [5.74, 6) is -0.231. The number of fused-ring (bicyclic) bond motifs is 1. The average molecular weight is 432 g/mol. The first-order valence-electron chi connectivity index (χ1n) is 10.6. The minimum Gasteiger partial charge on any atom is -0.348 e. The number of hydrogen-bond donors (Lipinski definition) is 0. The molecule has 2 aliphatic heterocycles. The van der Waals surface area contributed by atoms with Gasteiger partial charge in [-0.3, -0.25) is 9.59 Å². The predicted molar refractivity (Wildman–Crippen MR) is 123 cm³/mol. The Morgan fingerprint density at radius 3 is 2.48 bits per heavy atom. The zero-order chi connectivity index (χ0) is 21.4. The maximum atomic E-state index is 13.7. The zero-order valence-corrected chi connectivity index (χ0v) is 18.3. The number of thioether (sulfide) groups is 1. The molecule has 1 aromatic heterocycles. The summed E-state index contributed by atoms with van der Waals surface area (Å²) in [6.45, 7) is 1.86. The first-order chi connectivity index (χ1) is 15.2. The molecule has 5 nitrogen and oxygen atoms in total. The van der Waals surface area contributed by atoms with Crippen LogP contribution in [0.25, 0.3) is 0 Å². The lowest BCUT2D eigenvalue weighted by Gasteiger charge is -2.38. The summed E-state index contributed by atoms with van der Waals surface area (Å²) < 4.78 is 2.22. The smallest absolute Gasteiger partial charge is 0.228 e. The summed E-state index contributed by atoms with van der Waals surface area (Å²) in [6, 6.07) is 22.2. The van der Waals surface area contributed by atoms with E-state index in [1.165, 1.54) is 0 Å². The number of hydrogen-bond acceptors (Lipinski definition) is 3. The first-order valence-corrected chi connectivity index (χ1v) is 11.8. The highest BCUT2D eigenvalue weighted by Gasteiger charge is 2.41. The van der Waals surface area contributed by atoms with Crippen LogP contribution >= 0.6 is 11.8 Å². The second kappa shape index (κ2) is 8.27. The molecule has 2 amide bonds. The predicted octanol–water partition coefficient (Wildman–Crippen LogP) is 4.19. The Balaban J connectivity index is 1.40. The summed E-state index contributed by atoms with van der Waals surface area (Å²) >= 11 is 1.67. The molecule has 0 spiro atoms. The van der Waals surface area contributed by atoms with E-state index in [4.69, 9.17) is 0 Å². The zero-order valence-electron chi connectivity index (χ0n) is 17.5. The van der Waals surface area contributed by atoms with Crippen molar-refractivity contribution in [2.24, 2.45) is 5.92 Å². The fourth-order valence-electron chi connectivity index (χ4n) is 4.73. The Labute approximate surface area is 186 Å². The molecule has 6 heteroatoms. The van der Waals surface area contributed by atoms with Gasteiger partial charge in [0.2, 0.25) is 11.8 Å². The standard InChI is InChI=1S/C25H25N3O2S/c1-31-21-11-9-20(10-12-21)28-17-19(16-23(28)29)25(30)27-15-14-26-13-5-8-22(26)24(27)18-6-3-2-4-7-18/h2-13,19,24H,14-17H2,1H3. The Bertz CT molecular complexity index is 1090. The van der Waals surface area contributed by atoms with Gasteiger partial charge in [-0.15, -0.1) is 11.8 Å². The first kappa shape index (κ1) is 19.9. The molecule has 3 aromatic rings. The van der Waals surface area contributed by atoms with Crippen LogP contribution in [0, 0.1) is 5.92 Å². The topological polar surface area (TPSA) is 45.6 Å². The number of carbonyl (C=O) groups excluding carboxylic acids is 2. The van der Waals surface area contributed by atoms with Crippen molar-refractivity contribution in [1.29, 1.82) is 0 Å². The molecule has 0 radical (unpaired) electrons. The molecule has 0 saturated carbocycles. The number of anilines is 1. The largest absolute Gasteiger partial charge is 0.348 e. The Kier molecular flexibility index (Phi) is 5.32. The SMILES string of the molecule is CSc1ccc(N2CC(C(=O)N3CCn4cccc4C3c3ccccc3)CC2=O)cc1. The fraction of sp³-hybridized carbons (Fsp3) is 0.280. The monoisotopic (exact) mass is 431 g/mol. The van der Waals surface area contributed by atoms with Crippen LogP contribution in [0.5, 0.6) is 0 Å². The number of carbonyl (C=O) groups is 2. The third-order valence-corrected chi connectivity index (χ3v) is 7.04. The van der Waals surface area contributed by atoms with Gasteiger partial charge in [0.15, 0.2) is 0 Å². The Morgan fingerprint density at radius 2 is 1.74 bits per heavy atom. The van der Waals surface area contributed by atoms with Crippen molar-refractivity contribution in [3.63, 3.8) is 0 Å². The number of rotatable bonds is 4. The number of aromatic nitrogens is 1. The van der Waals surface area contributed by atoms with Crippen LogP contribution in [0.1, 0.15) is 23.7 Å². The second-order valence-corrected chi connectivity index (χ2v) is 8.95. The second-order valence-electron chi connectivity index (χ2n) is 8.07. The summed E-state index contributed by atoms with van der Waals surface area (Å²) in [6.07, 6.45) is 4.37. The molecule has 2 aliphatic rings. The third kappa shape index (κ3) is 3.65. The van der Waals surface area contributed by atoms with E-state index in [0.717, 1.165) is 28.4 Å². The van der Waals surface area contributed by atoms with E-state index in [9.17, 15) is 9.59 Å². The van der Waals surface area contributed by atoms with E-state index in [1.807, 2.05) is 59.7 Å². The fourth-order valence-corrected chi connectivity index (χ4v) is 5.13. The third-order valence-electron chi connectivity index (χ3n) is 6.30. The van der Waals surface area contributed by atoms with Gasteiger partial charge >= 0.3 is 0 Å². The van der Waals surface area contributed by atoms with Crippen LogP contribution in [0.15, 0.2) is 77.8 Å². The molecular weight excluding hydrogens is 406 g/mol. The molecule has 2 atom stereocenters. The lowest BCUT2D eigenvalue weighted by molar-refractivity contribution is -0.138.